The van der Waals surface area contributed by atoms with E-state index in [9.17, 15) is 18.0 Å². The Bertz CT molecular complexity index is 1420. The predicted molar refractivity (Wildman–Crippen MR) is 134 cm³/mol. The van der Waals surface area contributed by atoms with Gasteiger partial charge in [-0.2, -0.15) is 8.78 Å². The normalized spacial score (nSPS) is 21.4. The van der Waals surface area contributed by atoms with E-state index in [0.29, 0.717) is 35.9 Å². The molecule has 1 saturated carbocycles. The Balaban J connectivity index is 1.17. The molecule has 200 valence electrons. The van der Waals surface area contributed by atoms with Gasteiger partial charge in [0.05, 0.1) is 31.0 Å². The van der Waals surface area contributed by atoms with Gasteiger partial charge in [0.25, 0.3) is 0 Å². The molecular weight excluding hydrogens is 497 g/mol. The minimum absolute atomic E-state index is 0.00308. The van der Waals surface area contributed by atoms with Gasteiger partial charge in [0.2, 0.25) is 11.8 Å². The average Bonchev–Trinajstić information content (AvgIpc) is 3.26. The molecule has 3 aromatic rings. The number of alkyl halides is 2. The fourth-order valence-corrected chi connectivity index (χ4v) is 5.76. The Morgan fingerprint density at radius 1 is 1.24 bits per heavy atom. The number of pyridine rings is 2. The van der Waals surface area contributed by atoms with Crippen LogP contribution in [0.2, 0.25) is 0 Å². The number of rotatable bonds is 6. The number of nitrogens with one attached hydrogen (secondary N) is 1. The van der Waals surface area contributed by atoms with E-state index in [1.54, 1.807) is 18.0 Å². The van der Waals surface area contributed by atoms with Crippen LogP contribution in [0.4, 0.5) is 19.0 Å². The van der Waals surface area contributed by atoms with E-state index in [0.717, 1.165) is 19.0 Å². The van der Waals surface area contributed by atoms with Crippen molar-refractivity contribution in [1.29, 1.82) is 0 Å². The van der Waals surface area contributed by atoms with E-state index in [1.807, 2.05) is 19.1 Å². The molecule has 0 bridgehead atoms. The molecule has 5 heterocycles. The molecule has 11 heteroatoms. The second-order valence-corrected chi connectivity index (χ2v) is 10.7. The standard InChI is InChI=1S/C27H29F3N6O2/c1-15(18-10-23(38-3)31-11-19(18)28)24(37)36-13-21(26(14-36)6-7-26)34-22-5-4-17(16(2)32-22)20-12-35-9-8-27(29,30)25(35)33-20/h4-5,10-12,15,21H,6-9,13-14H2,1-3H3,(H,32,34)/t15-,21-/m1/s1. The number of nitrogens with zero attached hydrogens (tertiary/aromatic N) is 5. The van der Waals surface area contributed by atoms with E-state index in [2.05, 4.69) is 20.3 Å². The summed E-state index contributed by atoms with van der Waals surface area (Å²) in [6.45, 7) is 4.87. The first-order valence-corrected chi connectivity index (χ1v) is 12.8. The van der Waals surface area contributed by atoms with Crippen molar-refractivity contribution in [3.05, 3.63) is 53.5 Å². The van der Waals surface area contributed by atoms with Crippen molar-refractivity contribution in [2.75, 3.05) is 25.5 Å². The van der Waals surface area contributed by atoms with E-state index in [-0.39, 0.29) is 47.6 Å². The molecule has 38 heavy (non-hydrogen) atoms. The van der Waals surface area contributed by atoms with Crippen molar-refractivity contribution >= 4 is 11.7 Å². The molecule has 2 aliphatic heterocycles. The molecular formula is C27H29F3N6O2. The minimum Gasteiger partial charge on any atom is -0.481 e. The zero-order chi connectivity index (χ0) is 26.8. The number of carbonyl (C=O) groups excluding carboxylic acids is 1. The van der Waals surface area contributed by atoms with Gasteiger partial charge in [0, 0.05) is 60.6 Å². The third-order valence-corrected chi connectivity index (χ3v) is 8.21. The molecule has 1 saturated heterocycles. The maximum absolute atomic E-state index is 14.5. The van der Waals surface area contributed by atoms with Crippen molar-refractivity contribution in [2.45, 2.75) is 57.5 Å². The number of ether oxygens (including phenoxy) is 1. The Kier molecular flexibility index (Phi) is 5.66. The van der Waals surface area contributed by atoms with E-state index < -0.39 is 17.7 Å². The minimum atomic E-state index is -2.90. The fraction of sp³-hybridized carbons (Fsp3) is 0.481. The van der Waals surface area contributed by atoms with Gasteiger partial charge in [-0.3, -0.25) is 4.79 Å². The second kappa shape index (κ2) is 8.71. The lowest BCUT2D eigenvalue weighted by Crippen LogP contribution is -2.34. The molecule has 0 unspecified atom stereocenters. The van der Waals surface area contributed by atoms with Gasteiger partial charge >= 0.3 is 5.92 Å². The molecule has 0 radical (unpaired) electrons. The monoisotopic (exact) mass is 526 g/mol. The Labute approximate surface area is 218 Å². The number of fused-ring (bicyclic) bond motifs is 1. The summed E-state index contributed by atoms with van der Waals surface area (Å²) >= 11 is 0. The number of anilines is 1. The average molecular weight is 527 g/mol. The van der Waals surface area contributed by atoms with Crippen molar-refractivity contribution in [3.63, 3.8) is 0 Å². The van der Waals surface area contributed by atoms with Gasteiger partial charge in [0.1, 0.15) is 11.6 Å². The number of aryl methyl sites for hydroxylation is 2. The summed E-state index contributed by atoms with van der Waals surface area (Å²) < 4.78 is 49.2. The second-order valence-electron chi connectivity index (χ2n) is 10.7. The first-order chi connectivity index (χ1) is 18.1. The van der Waals surface area contributed by atoms with Crippen LogP contribution in [0.5, 0.6) is 5.88 Å². The number of methoxy groups -OCH3 is 1. The summed E-state index contributed by atoms with van der Waals surface area (Å²) in [5, 5.41) is 3.50. The molecule has 1 spiro atoms. The Hall–Kier alpha value is -3.63. The van der Waals surface area contributed by atoms with Crippen LogP contribution in [0, 0.1) is 18.2 Å². The number of likely N-dealkylation sites (tertiary alicyclic amines) is 1. The number of aromatic nitrogens is 4. The zero-order valence-electron chi connectivity index (χ0n) is 21.5. The van der Waals surface area contributed by atoms with E-state index in [4.69, 9.17) is 4.74 Å². The maximum Gasteiger partial charge on any atom is 0.306 e. The number of halogens is 3. The summed E-state index contributed by atoms with van der Waals surface area (Å²) in [5.74, 6) is -3.53. The van der Waals surface area contributed by atoms with Crippen LogP contribution in [0.1, 0.15) is 49.2 Å². The maximum atomic E-state index is 14.5. The topological polar surface area (TPSA) is 85.2 Å². The van der Waals surface area contributed by atoms with Crippen molar-refractivity contribution in [1.82, 2.24) is 24.4 Å². The number of hydrogen-bond acceptors (Lipinski definition) is 6. The predicted octanol–water partition coefficient (Wildman–Crippen LogP) is 4.50. The SMILES string of the molecule is COc1cc([C@@H](C)C(=O)N2C[C@@H](Nc3ccc(-c4cn5c(n4)C(F)(F)CC5)c(C)n3)C3(CC3)C2)c(F)cn1. The van der Waals surface area contributed by atoms with Gasteiger partial charge in [-0.25, -0.2) is 19.3 Å². The highest BCUT2D eigenvalue weighted by Crippen LogP contribution is 2.54. The van der Waals surface area contributed by atoms with Crippen molar-refractivity contribution in [3.8, 4) is 17.1 Å². The molecule has 3 aromatic heterocycles. The highest BCUT2D eigenvalue weighted by atomic mass is 19.3. The number of imidazole rings is 1. The molecule has 1 aliphatic carbocycles. The van der Waals surface area contributed by atoms with Crippen molar-refractivity contribution in [2.24, 2.45) is 5.41 Å². The van der Waals surface area contributed by atoms with Crippen molar-refractivity contribution < 1.29 is 22.7 Å². The summed E-state index contributed by atoms with van der Waals surface area (Å²) in [5.41, 5.74) is 2.11. The summed E-state index contributed by atoms with van der Waals surface area (Å²) in [6, 6.07) is 5.15. The van der Waals surface area contributed by atoms with Crippen LogP contribution in [0.15, 0.2) is 30.6 Å². The smallest absolute Gasteiger partial charge is 0.306 e. The molecule has 2 fully saturated rings. The van der Waals surface area contributed by atoms with E-state index >= 15 is 0 Å². The third-order valence-electron chi connectivity index (χ3n) is 8.21. The molecule has 8 nitrogen and oxygen atoms in total. The third kappa shape index (κ3) is 4.08. The van der Waals surface area contributed by atoms with Crippen LogP contribution in [0.25, 0.3) is 11.3 Å². The number of carbonyl (C=O) groups is 1. The molecule has 1 amide bonds. The number of hydrogen-bond donors (Lipinski definition) is 1. The van der Waals surface area contributed by atoms with Gasteiger partial charge in [-0.1, -0.05) is 0 Å². The lowest BCUT2D eigenvalue weighted by molar-refractivity contribution is -0.131. The quantitative estimate of drug-likeness (QED) is 0.509. The zero-order valence-corrected chi connectivity index (χ0v) is 21.5. The molecule has 0 aromatic carbocycles. The summed E-state index contributed by atoms with van der Waals surface area (Å²) in [4.78, 5) is 27.9. The summed E-state index contributed by atoms with van der Waals surface area (Å²) in [7, 11) is 1.45. The number of amides is 1. The largest absolute Gasteiger partial charge is 0.481 e. The van der Waals surface area contributed by atoms with Gasteiger partial charge in [-0.15, -0.1) is 0 Å². The molecule has 1 N–H and O–H groups in total. The Morgan fingerprint density at radius 3 is 2.71 bits per heavy atom. The highest BCUT2D eigenvalue weighted by molar-refractivity contribution is 5.84. The molecule has 3 aliphatic rings. The Morgan fingerprint density at radius 2 is 2.03 bits per heavy atom. The molecule has 2 atom stereocenters. The fourth-order valence-electron chi connectivity index (χ4n) is 5.76. The van der Waals surface area contributed by atoms with Crippen LogP contribution in [-0.2, 0) is 17.3 Å². The highest BCUT2D eigenvalue weighted by Gasteiger charge is 2.56. The van der Waals surface area contributed by atoms with E-state index in [1.165, 1.54) is 17.7 Å². The van der Waals surface area contributed by atoms with Gasteiger partial charge < -0.3 is 19.5 Å². The summed E-state index contributed by atoms with van der Waals surface area (Å²) in [6.07, 6.45) is 4.50. The first kappa shape index (κ1) is 24.7. The molecule has 6 rings (SSSR count). The van der Waals surface area contributed by atoms with Crippen LogP contribution >= 0.6 is 0 Å². The van der Waals surface area contributed by atoms with Gasteiger partial charge in [0.15, 0.2) is 5.82 Å². The van der Waals surface area contributed by atoms with Crippen LogP contribution in [-0.4, -0.2) is 56.6 Å². The van der Waals surface area contributed by atoms with Crippen LogP contribution in [0.3, 0.4) is 0 Å². The lowest BCUT2D eigenvalue weighted by atomic mass is 10.00. The first-order valence-electron chi connectivity index (χ1n) is 12.8. The van der Waals surface area contributed by atoms with Gasteiger partial charge in [-0.05, 0) is 38.8 Å². The lowest BCUT2D eigenvalue weighted by Gasteiger charge is -2.22. The van der Waals surface area contributed by atoms with Crippen LogP contribution < -0.4 is 10.1 Å².